The monoisotopic (exact) mass is 435 g/mol. The van der Waals surface area contributed by atoms with E-state index in [9.17, 15) is 4.79 Å². The van der Waals surface area contributed by atoms with Gasteiger partial charge in [0, 0.05) is 10.6 Å². The Morgan fingerprint density at radius 2 is 1.90 bits per heavy atom. The van der Waals surface area contributed by atoms with E-state index in [1.807, 2.05) is 47.1 Å². The van der Waals surface area contributed by atoms with Crippen molar-refractivity contribution in [3.8, 4) is 11.4 Å². The number of nitrogens with zero attached hydrogens (tertiary/aromatic N) is 4. The lowest BCUT2D eigenvalue weighted by Crippen LogP contribution is -2.24. The van der Waals surface area contributed by atoms with Crippen molar-refractivity contribution in [1.82, 2.24) is 25.2 Å². The summed E-state index contributed by atoms with van der Waals surface area (Å²) in [6.45, 7) is 2.84. The summed E-state index contributed by atoms with van der Waals surface area (Å²) in [7, 11) is 0. The molecule has 0 bridgehead atoms. The third kappa shape index (κ3) is 5.00. The van der Waals surface area contributed by atoms with Crippen LogP contribution in [0, 0.1) is 0 Å². The molecule has 8 heteroatoms. The van der Waals surface area contributed by atoms with Crippen molar-refractivity contribution in [3.63, 3.8) is 0 Å². The molecule has 0 aliphatic heterocycles. The van der Waals surface area contributed by atoms with Crippen LogP contribution in [0.4, 0.5) is 0 Å². The number of hydrogen-bond donors (Lipinski definition) is 1. The van der Waals surface area contributed by atoms with Gasteiger partial charge in [0.15, 0.2) is 0 Å². The van der Waals surface area contributed by atoms with E-state index in [0.29, 0.717) is 28.8 Å². The van der Waals surface area contributed by atoms with Crippen LogP contribution in [0.5, 0.6) is 0 Å². The Balaban J connectivity index is 1.44. The molecule has 4 rings (SSSR count). The molecule has 2 heterocycles. The second kappa shape index (κ2) is 9.57. The number of aromatic nitrogens is 4. The van der Waals surface area contributed by atoms with Crippen molar-refractivity contribution in [3.05, 3.63) is 88.5 Å². The highest BCUT2D eigenvalue weighted by Gasteiger charge is 2.18. The molecule has 31 heavy (non-hydrogen) atoms. The molecule has 0 spiro atoms. The molecule has 0 atom stereocenters. The maximum atomic E-state index is 12.8. The highest BCUT2D eigenvalue weighted by atomic mass is 35.5. The number of nitrogens with one attached hydrogen (secondary N) is 1. The summed E-state index contributed by atoms with van der Waals surface area (Å²) in [5.74, 6) is 0.560. The molecule has 4 aromatic rings. The van der Waals surface area contributed by atoms with Gasteiger partial charge in [0.25, 0.3) is 5.91 Å². The second-order valence-electron chi connectivity index (χ2n) is 7.10. The van der Waals surface area contributed by atoms with E-state index in [-0.39, 0.29) is 12.5 Å². The smallest absolute Gasteiger partial charge is 0.255 e. The van der Waals surface area contributed by atoms with Gasteiger partial charge in [0.2, 0.25) is 11.7 Å². The summed E-state index contributed by atoms with van der Waals surface area (Å²) < 4.78 is 7.16. The fourth-order valence-electron chi connectivity index (χ4n) is 3.29. The third-order valence-corrected chi connectivity index (χ3v) is 5.08. The Morgan fingerprint density at radius 3 is 2.65 bits per heavy atom. The van der Waals surface area contributed by atoms with Gasteiger partial charge in [-0.25, -0.2) is 0 Å². The highest BCUT2D eigenvalue weighted by Crippen LogP contribution is 2.19. The van der Waals surface area contributed by atoms with E-state index >= 15 is 0 Å². The largest absolute Gasteiger partial charge is 0.343 e. The van der Waals surface area contributed by atoms with Crippen LogP contribution in [0.15, 0.2) is 65.3 Å². The molecule has 0 radical (unpaired) electrons. The molecule has 2 aromatic heterocycles. The quantitative estimate of drug-likeness (QED) is 0.440. The van der Waals surface area contributed by atoms with Crippen molar-refractivity contribution in [2.45, 2.75) is 32.9 Å². The van der Waals surface area contributed by atoms with Crippen LogP contribution >= 0.6 is 11.6 Å². The fourth-order valence-corrected chi connectivity index (χ4v) is 3.41. The Bertz CT molecular complexity index is 1150. The number of carbonyl (C=O) groups excluding carboxylic acids is 1. The maximum Gasteiger partial charge on any atom is 0.255 e. The van der Waals surface area contributed by atoms with Crippen LogP contribution in [-0.4, -0.2) is 25.8 Å². The maximum absolute atomic E-state index is 12.8. The average molecular weight is 436 g/mol. The highest BCUT2D eigenvalue weighted by molar-refractivity contribution is 6.30. The summed E-state index contributed by atoms with van der Waals surface area (Å²) in [5, 5.41) is 11.9. The minimum Gasteiger partial charge on any atom is -0.343 e. The Hall–Kier alpha value is -3.45. The minimum atomic E-state index is -0.214. The van der Waals surface area contributed by atoms with E-state index in [1.54, 1.807) is 18.3 Å². The zero-order valence-corrected chi connectivity index (χ0v) is 17.8. The first-order valence-corrected chi connectivity index (χ1v) is 10.5. The predicted octanol–water partition coefficient (Wildman–Crippen LogP) is 4.52. The zero-order chi connectivity index (χ0) is 21.6. The van der Waals surface area contributed by atoms with Gasteiger partial charge in [0.1, 0.15) is 0 Å². The van der Waals surface area contributed by atoms with Gasteiger partial charge in [-0.3, -0.25) is 9.48 Å². The molecule has 0 unspecified atom stereocenters. The van der Waals surface area contributed by atoms with E-state index in [0.717, 1.165) is 29.7 Å². The summed E-state index contributed by atoms with van der Waals surface area (Å²) in [5.41, 5.74) is 3.40. The van der Waals surface area contributed by atoms with Crippen LogP contribution in [-0.2, 0) is 19.5 Å². The van der Waals surface area contributed by atoms with E-state index in [1.165, 1.54) is 0 Å². The summed E-state index contributed by atoms with van der Waals surface area (Å²) >= 11 is 5.91. The van der Waals surface area contributed by atoms with Crippen LogP contribution < -0.4 is 5.32 Å². The minimum absolute atomic E-state index is 0.134. The molecule has 7 nitrogen and oxygen atoms in total. The SMILES string of the molecule is CCCc1c(C(=O)NCc2nc(-c3ccc(Cl)cc3)no2)cnn1Cc1ccccc1. The molecule has 0 saturated heterocycles. The van der Waals surface area contributed by atoms with Crippen LogP contribution in [0.25, 0.3) is 11.4 Å². The van der Waals surface area contributed by atoms with E-state index in [2.05, 4.69) is 27.5 Å². The number of rotatable bonds is 8. The topological polar surface area (TPSA) is 85.8 Å². The van der Waals surface area contributed by atoms with E-state index in [4.69, 9.17) is 16.1 Å². The van der Waals surface area contributed by atoms with Crippen molar-refractivity contribution in [2.24, 2.45) is 0 Å². The van der Waals surface area contributed by atoms with Crippen LogP contribution in [0.2, 0.25) is 5.02 Å². The predicted molar refractivity (Wildman–Crippen MR) is 118 cm³/mol. The molecule has 1 amide bonds. The van der Waals surface area contributed by atoms with Crippen LogP contribution in [0.1, 0.15) is 40.9 Å². The average Bonchev–Trinajstić information content (AvgIpc) is 3.41. The second-order valence-corrected chi connectivity index (χ2v) is 7.54. The number of amides is 1. The van der Waals surface area contributed by atoms with Gasteiger partial charge in [-0.2, -0.15) is 10.1 Å². The number of benzene rings is 2. The molecule has 0 fully saturated rings. The van der Waals surface area contributed by atoms with Crippen LogP contribution in [0.3, 0.4) is 0 Å². The first-order valence-electron chi connectivity index (χ1n) is 10.1. The number of carbonyl (C=O) groups is 1. The lowest BCUT2D eigenvalue weighted by molar-refractivity contribution is 0.0945. The standard InChI is InChI=1S/C23H22ClN5O2/c1-2-6-20-19(13-26-29(20)15-16-7-4-3-5-8-16)23(30)25-14-21-27-22(28-31-21)17-9-11-18(24)12-10-17/h3-5,7-13H,2,6,14-15H2,1H3,(H,25,30). The zero-order valence-electron chi connectivity index (χ0n) is 17.1. The summed E-state index contributed by atoms with van der Waals surface area (Å²) in [6, 6.07) is 17.2. The normalized spacial score (nSPS) is 10.9. The van der Waals surface area contributed by atoms with Crippen molar-refractivity contribution >= 4 is 17.5 Å². The Morgan fingerprint density at radius 1 is 1.13 bits per heavy atom. The van der Waals surface area contributed by atoms with Crippen molar-refractivity contribution < 1.29 is 9.32 Å². The van der Waals surface area contributed by atoms with Gasteiger partial charge in [-0.05, 0) is 36.2 Å². The lowest BCUT2D eigenvalue weighted by atomic mass is 10.1. The molecule has 158 valence electrons. The Kier molecular flexibility index (Phi) is 6.43. The Labute approximate surface area is 185 Å². The van der Waals surface area contributed by atoms with Gasteiger partial charge >= 0.3 is 0 Å². The molecular formula is C23H22ClN5O2. The molecule has 1 N–H and O–H groups in total. The van der Waals surface area contributed by atoms with Gasteiger partial charge in [0.05, 0.1) is 30.5 Å². The van der Waals surface area contributed by atoms with Gasteiger partial charge in [-0.1, -0.05) is 60.4 Å². The molecule has 0 aliphatic carbocycles. The molecular weight excluding hydrogens is 414 g/mol. The molecule has 2 aromatic carbocycles. The third-order valence-electron chi connectivity index (χ3n) is 4.83. The lowest BCUT2D eigenvalue weighted by Gasteiger charge is -2.09. The molecule has 0 saturated carbocycles. The molecule has 0 aliphatic rings. The van der Waals surface area contributed by atoms with Gasteiger partial charge < -0.3 is 9.84 Å². The van der Waals surface area contributed by atoms with Gasteiger partial charge in [-0.15, -0.1) is 0 Å². The summed E-state index contributed by atoms with van der Waals surface area (Å²) in [4.78, 5) is 17.2. The van der Waals surface area contributed by atoms with Crippen molar-refractivity contribution in [1.29, 1.82) is 0 Å². The first kappa shape index (κ1) is 20.8. The first-order chi connectivity index (χ1) is 15.1. The number of halogens is 1. The number of hydrogen-bond acceptors (Lipinski definition) is 5. The fraction of sp³-hybridized carbons (Fsp3) is 0.217. The van der Waals surface area contributed by atoms with Crippen molar-refractivity contribution in [2.75, 3.05) is 0 Å². The van der Waals surface area contributed by atoms with E-state index < -0.39 is 0 Å². The summed E-state index contributed by atoms with van der Waals surface area (Å²) in [6.07, 6.45) is 3.29.